The minimum absolute atomic E-state index is 0.375. The summed E-state index contributed by atoms with van der Waals surface area (Å²) in [4.78, 5) is 7.00. The Labute approximate surface area is 129 Å². The molecule has 21 heavy (non-hydrogen) atoms. The average molecular weight is 303 g/mol. The zero-order valence-corrected chi connectivity index (χ0v) is 13.1. The second-order valence-corrected chi connectivity index (χ2v) is 6.09. The third kappa shape index (κ3) is 2.41. The largest absolute Gasteiger partial charge is 0.324 e. The molecule has 0 aliphatic carbocycles. The van der Waals surface area contributed by atoms with Crippen molar-refractivity contribution in [1.82, 2.24) is 14.5 Å². The molecular weight excluding hydrogens is 284 g/mol. The van der Waals surface area contributed by atoms with E-state index >= 15 is 0 Å². The van der Waals surface area contributed by atoms with Crippen molar-refractivity contribution in [1.29, 1.82) is 5.26 Å². The summed E-state index contributed by atoms with van der Waals surface area (Å²) in [6, 6.07) is 8.96. The van der Waals surface area contributed by atoms with Gasteiger partial charge in [-0.1, -0.05) is 6.07 Å². The Hall–Kier alpha value is -1.57. The van der Waals surface area contributed by atoms with Gasteiger partial charge in [0.05, 0.1) is 17.0 Å². The molecule has 2 aromatic rings. The van der Waals surface area contributed by atoms with E-state index in [2.05, 4.69) is 34.5 Å². The minimum Gasteiger partial charge on any atom is -0.324 e. The smallest absolute Gasteiger partial charge is 0.125 e. The molecule has 0 amide bonds. The van der Waals surface area contributed by atoms with E-state index in [1.165, 1.54) is 0 Å². The number of piperidine rings is 1. The van der Waals surface area contributed by atoms with Gasteiger partial charge in [-0.05, 0) is 38.9 Å². The van der Waals surface area contributed by atoms with Crippen LogP contribution < -0.4 is 0 Å². The maximum atomic E-state index is 9.26. The molecule has 0 radical (unpaired) electrons. The lowest BCUT2D eigenvalue weighted by atomic mass is 9.98. The lowest BCUT2D eigenvalue weighted by Crippen LogP contribution is -2.38. The highest BCUT2D eigenvalue weighted by Crippen LogP contribution is 2.32. The van der Waals surface area contributed by atoms with Crippen LogP contribution in [0, 0.1) is 11.3 Å². The molecule has 1 saturated heterocycles. The fourth-order valence-corrected chi connectivity index (χ4v) is 3.44. The summed E-state index contributed by atoms with van der Waals surface area (Å²) in [5, 5.41) is 9.26. The molecule has 2 unspecified atom stereocenters. The van der Waals surface area contributed by atoms with Gasteiger partial charge in [-0.2, -0.15) is 5.26 Å². The Bertz CT molecular complexity index is 700. The zero-order chi connectivity index (χ0) is 15.0. The van der Waals surface area contributed by atoms with Crippen LogP contribution >= 0.6 is 11.6 Å². The number of hydrogen-bond acceptors (Lipinski definition) is 3. The van der Waals surface area contributed by atoms with Gasteiger partial charge >= 0.3 is 0 Å². The molecule has 1 aromatic carbocycles. The molecule has 5 heteroatoms. The van der Waals surface area contributed by atoms with Crippen molar-refractivity contribution in [3.05, 3.63) is 29.6 Å². The average Bonchev–Trinajstić information content (AvgIpc) is 2.88. The lowest BCUT2D eigenvalue weighted by Gasteiger charge is -2.36. The van der Waals surface area contributed by atoms with Gasteiger partial charge in [-0.3, -0.25) is 0 Å². The van der Waals surface area contributed by atoms with Crippen molar-refractivity contribution >= 4 is 22.6 Å². The van der Waals surface area contributed by atoms with Gasteiger partial charge in [0.1, 0.15) is 17.4 Å². The number of alkyl halides is 1. The van der Waals surface area contributed by atoms with Crippen molar-refractivity contribution in [3.63, 3.8) is 0 Å². The van der Waals surface area contributed by atoms with Gasteiger partial charge in [0.15, 0.2) is 0 Å². The standard InChI is InChI=1S/C16H19ClN4/c1-11-8-13(6-7-20(11)2)21-14-5-3-4-12(10-18)16(14)19-15(21)9-17/h3-5,11,13H,6-9H2,1-2H3. The van der Waals surface area contributed by atoms with Gasteiger partial charge in [0, 0.05) is 18.6 Å². The van der Waals surface area contributed by atoms with Crippen LogP contribution in [0.1, 0.15) is 37.2 Å². The van der Waals surface area contributed by atoms with Gasteiger partial charge in [0.25, 0.3) is 0 Å². The molecule has 1 fully saturated rings. The number of imidazole rings is 1. The van der Waals surface area contributed by atoms with Crippen molar-refractivity contribution in [2.45, 2.75) is 37.7 Å². The number of fused-ring (bicyclic) bond motifs is 1. The highest BCUT2D eigenvalue weighted by Gasteiger charge is 2.27. The van der Waals surface area contributed by atoms with Gasteiger partial charge in [0.2, 0.25) is 0 Å². The lowest BCUT2D eigenvalue weighted by molar-refractivity contribution is 0.157. The van der Waals surface area contributed by atoms with Crippen molar-refractivity contribution in [3.8, 4) is 6.07 Å². The van der Waals surface area contributed by atoms with Gasteiger partial charge < -0.3 is 9.47 Å². The number of benzene rings is 1. The summed E-state index contributed by atoms with van der Waals surface area (Å²) in [7, 11) is 2.17. The van der Waals surface area contributed by atoms with E-state index in [1.807, 2.05) is 18.2 Å². The predicted molar refractivity (Wildman–Crippen MR) is 84.4 cm³/mol. The first-order valence-corrected chi connectivity index (χ1v) is 7.85. The van der Waals surface area contributed by atoms with Crippen LogP contribution in [-0.2, 0) is 5.88 Å². The molecule has 0 saturated carbocycles. The summed E-state index contributed by atoms with van der Waals surface area (Å²) in [6.07, 6.45) is 2.18. The van der Waals surface area contributed by atoms with Gasteiger partial charge in [-0.25, -0.2) is 4.98 Å². The summed E-state index contributed by atoms with van der Waals surface area (Å²) < 4.78 is 2.26. The van der Waals surface area contributed by atoms with Crippen LogP contribution in [0.25, 0.3) is 11.0 Å². The number of likely N-dealkylation sites (tertiary alicyclic amines) is 1. The van der Waals surface area contributed by atoms with Crippen LogP contribution in [-0.4, -0.2) is 34.1 Å². The maximum absolute atomic E-state index is 9.26. The monoisotopic (exact) mass is 302 g/mol. The second-order valence-electron chi connectivity index (χ2n) is 5.82. The third-order valence-corrected chi connectivity index (χ3v) is 4.82. The Morgan fingerprint density at radius 3 is 2.95 bits per heavy atom. The molecular formula is C16H19ClN4. The summed E-state index contributed by atoms with van der Waals surface area (Å²) in [6.45, 7) is 3.33. The summed E-state index contributed by atoms with van der Waals surface area (Å²) in [5.74, 6) is 1.25. The third-order valence-electron chi connectivity index (χ3n) is 4.58. The first-order valence-electron chi connectivity index (χ1n) is 7.31. The van der Waals surface area contributed by atoms with Crippen LogP contribution in [0.15, 0.2) is 18.2 Å². The fourth-order valence-electron chi connectivity index (χ4n) is 3.26. The Morgan fingerprint density at radius 2 is 2.29 bits per heavy atom. The number of hydrogen-bond donors (Lipinski definition) is 0. The number of nitrogens with zero attached hydrogens (tertiary/aromatic N) is 4. The van der Waals surface area contributed by atoms with Crippen molar-refractivity contribution < 1.29 is 0 Å². The second kappa shape index (κ2) is 5.67. The minimum atomic E-state index is 0.375. The number of halogens is 1. The summed E-state index contributed by atoms with van der Waals surface area (Å²) >= 11 is 6.11. The molecule has 2 atom stereocenters. The van der Waals surface area contributed by atoms with Crippen LogP contribution in [0.3, 0.4) is 0 Å². The number of rotatable bonds is 2. The molecule has 2 heterocycles. The quantitative estimate of drug-likeness (QED) is 0.800. The number of para-hydroxylation sites is 1. The summed E-state index contributed by atoms with van der Waals surface area (Å²) in [5.41, 5.74) is 2.44. The van der Waals surface area contributed by atoms with Gasteiger partial charge in [-0.15, -0.1) is 11.6 Å². The maximum Gasteiger partial charge on any atom is 0.125 e. The molecule has 1 aliphatic heterocycles. The number of aromatic nitrogens is 2. The van der Waals surface area contributed by atoms with Crippen LogP contribution in [0.5, 0.6) is 0 Å². The number of nitriles is 1. The molecule has 1 aliphatic rings. The SMILES string of the molecule is CC1CC(n2c(CCl)nc3c(C#N)cccc32)CCN1C. The van der Waals surface area contributed by atoms with E-state index in [0.717, 1.165) is 36.2 Å². The normalized spacial score (nSPS) is 23.3. The topological polar surface area (TPSA) is 44.9 Å². The molecule has 1 aromatic heterocycles. The van der Waals surface area contributed by atoms with E-state index in [0.29, 0.717) is 23.5 Å². The van der Waals surface area contributed by atoms with Crippen molar-refractivity contribution in [2.75, 3.05) is 13.6 Å². The van der Waals surface area contributed by atoms with E-state index in [-0.39, 0.29) is 0 Å². The predicted octanol–water partition coefficient (Wildman–Crippen LogP) is 3.30. The Morgan fingerprint density at radius 1 is 1.48 bits per heavy atom. The highest BCUT2D eigenvalue weighted by molar-refractivity contribution is 6.16. The zero-order valence-electron chi connectivity index (χ0n) is 12.4. The van der Waals surface area contributed by atoms with E-state index < -0.39 is 0 Å². The van der Waals surface area contributed by atoms with E-state index in [4.69, 9.17) is 11.6 Å². The Balaban J connectivity index is 2.11. The van der Waals surface area contributed by atoms with Crippen LogP contribution in [0.4, 0.5) is 0 Å². The first-order chi connectivity index (χ1) is 10.2. The molecule has 4 nitrogen and oxygen atoms in total. The molecule has 3 rings (SSSR count). The Kier molecular flexibility index (Phi) is 3.88. The molecule has 110 valence electrons. The van der Waals surface area contributed by atoms with Crippen LogP contribution in [0.2, 0.25) is 0 Å². The van der Waals surface area contributed by atoms with Crippen molar-refractivity contribution in [2.24, 2.45) is 0 Å². The van der Waals surface area contributed by atoms with E-state index in [1.54, 1.807) is 0 Å². The first kappa shape index (κ1) is 14.4. The molecule has 0 spiro atoms. The fraction of sp³-hybridized carbons (Fsp3) is 0.500. The molecule has 0 N–H and O–H groups in total. The molecule has 0 bridgehead atoms. The van der Waals surface area contributed by atoms with E-state index in [9.17, 15) is 5.26 Å². The highest BCUT2D eigenvalue weighted by atomic mass is 35.5.